The van der Waals surface area contributed by atoms with Gasteiger partial charge in [-0.2, -0.15) is 0 Å². The van der Waals surface area contributed by atoms with Gasteiger partial charge in [-0.15, -0.1) is 0 Å². The van der Waals surface area contributed by atoms with E-state index in [0.717, 1.165) is 6.42 Å². The molecular weight excluding hydrogens is 180 g/mol. The first-order valence-electron chi connectivity index (χ1n) is 5.74. The Labute approximate surface area is 93.0 Å². The molecule has 0 amide bonds. The first-order chi connectivity index (χ1) is 6.93. The standard InChI is InChI=1S/C15H20/c1-10(2)12-6-7-14-13(9-12)8-11(3)15(14,4)5/h6-7,9-10H,3,8H2,1-2,4-5H3. The van der Waals surface area contributed by atoms with Crippen LogP contribution in [0.1, 0.15) is 50.3 Å². The Morgan fingerprint density at radius 3 is 2.53 bits per heavy atom. The van der Waals surface area contributed by atoms with Crippen LogP contribution in [0.15, 0.2) is 30.4 Å². The van der Waals surface area contributed by atoms with Gasteiger partial charge in [0.2, 0.25) is 0 Å². The molecule has 1 aliphatic carbocycles. The van der Waals surface area contributed by atoms with Gasteiger partial charge in [0.25, 0.3) is 0 Å². The van der Waals surface area contributed by atoms with E-state index in [0.29, 0.717) is 5.92 Å². The Morgan fingerprint density at radius 2 is 1.93 bits per heavy atom. The van der Waals surface area contributed by atoms with Gasteiger partial charge in [-0.05, 0) is 29.0 Å². The molecule has 0 spiro atoms. The van der Waals surface area contributed by atoms with E-state index in [2.05, 4.69) is 52.5 Å². The van der Waals surface area contributed by atoms with E-state index < -0.39 is 0 Å². The Hall–Kier alpha value is -1.04. The van der Waals surface area contributed by atoms with E-state index in [4.69, 9.17) is 0 Å². The van der Waals surface area contributed by atoms with Gasteiger partial charge in [0.15, 0.2) is 0 Å². The van der Waals surface area contributed by atoms with Gasteiger partial charge in [-0.25, -0.2) is 0 Å². The molecule has 2 rings (SSSR count). The third-order valence-electron chi connectivity index (χ3n) is 3.76. The average Bonchev–Trinajstić information content (AvgIpc) is 2.38. The summed E-state index contributed by atoms with van der Waals surface area (Å²) in [5, 5.41) is 0. The summed E-state index contributed by atoms with van der Waals surface area (Å²) >= 11 is 0. The lowest BCUT2D eigenvalue weighted by Crippen LogP contribution is -2.14. The summed E-state index contributed by atoms with van der Waals surface area (Å²) in [6, 6.07) is 6.92. The number of hydrogen-bond acceptors (Lipinski definition) is 0. The fourth-order valence-electron chi connectivity index (χ4n) is 2.37. The van der Waals surface area contributed by atoms with E-state index >= 15 is 0 Å². The molecule has 0 heterocycles. The monoisotopic (exact) mass is 200 g/mol. The lowest BCUT2D eigenvalue weighted by atomic mass is 9.83. The normalized spacial score (nSPS) is 18.3. The van der Waals surface area contributed by atoms with Crippen molar-refractivity contribution in [2.75, 3.05) is 0 Å². The lowest BCUT2D eigenvalue weighted by molar-refractivity contribution is 0.646. The van der Waals surface area contributed by atoms with Crippen LogP contribution in [0.5, 0.6) is 0 Å². The van der Waals surface area contributed by atoms with Gasteiger partial charge in [0, 0.05) is 5.41 Å². The molecule has 0 fully saturated rings. The van der Waals surface area contributed by atoms with Gasteiger partial charge in [0.1, 0.15) is 0 Å². The fraction of sp³-hybridized carbons (Fsp3) is 0.467. The van der Waals surface area contributed by atoms with Crippen LogP contribution in [0, 0.1) is 0 Å². The molecule has 0 saturated carbocycles. The number of hydrogen-bond donors (Lipinski definition) is 0. The molecule has 15 heavy (non-hydrogen) atoms. The molecule has 0 unspecified atom stereocenters. The topological polar surface area (TPSA) is 0 Å². The molecule has 0 heteroatoms. The van der Waals surface area contributed by atoms with Crippen LogP contribution in [0.2, 0.25) is 0 Å². The molecular formula is C15H20. The third-order valence-corrected chi connectivity index (χ3v) is 3.76. The summed E-state index contributed by atoms with van der Waals surface area (Å²) in [7, 11) is 0. The molecule has 0 aliphatic heterocycles. The maximum Gasteiger partial charge on any atom is 0.0109 e. The van der Waals surface area contributed by atoms with E-state index in [1.807, 2.05) is 0 Å². The van der Waals surface area contributed by atoms with Crippen LogP contribution in [-0.4, -0.2) is 0 Å². The second kappa shape index (κ2) is 3.23. The average molecular weight is 200 g/mol. The molecule has 1 aromatic carbocycles. The molecule has 0 N–H and O–H groups in total. The van der Waals surface area contributed by atoms with Crippen LogP contribution >= 0.6 is 0 Å². The van der Waals surface area contributed by atoms with Gasteiger partial charge in [-0.1, -0.05) is 58.0 Å². The first-order valence-corrected chi connectivity index (χ1v) is 5.74. The van der Waals surface area contributed by atoms with Crippen LogP contribution in [0.4, 0.5) is 0 Å². The Bertz CT molecular complexity index is 408. The Balaban J connectivity index is 2.51. The zero-order chi connectivity index (χ0) is 11.2. The van der Waals surface area contributed by atoms with Crippen LogP contribution < -0.4 is 0 Å². The highest BCUT2D eigenvalue weighted by atomic mass is 14.4. The van der Waals surface area contributed by atoms with Crippen molar-refractivity contribution in [3.8, 4) is 0 Å². The SMILES string of the molecule is C=C1Cc2cc(C(C)C)ccc2C1(C)C. The van der Waals surface area contributed by atoms with Crippen molar-refractivity contribution in [1.29, 1.82) is 0 Å². The maximum atomic E-state index is 4.20. The van der Waals surface area contributed by atoms with E-state index in [9.17, 15) is 0 Å². The summed E-state index contributed by atoms with van der Waals surface area (Å²) in [6.07, 6.45) is 1.06. The number of rotatable bonds is 1. The molecule has 0 atom stereocenters. The highest BCUT2D eigenvalue weighted by molar-refractivity contribution is 5.50. The van der Waals surface area contributed by atoms with E-state index in [1.54, 1.807) is 0 Å². The van der Waals surface area contributed by atoms with Crippen molar-refractivity contribution in [3.05, 3.63) is 47.0 Å². The summed E-state index contributed by atoms with van der Waals surface area (Å²) in [5.41, 5.74) is 5.91. The second-order valence-electron chi connectivity index (χ2n) is 5.48. The highest BCUT2D eigenvalue weighted by Crippen LogP contribution is 2.42. The predicted octanol–water partition coefficient (Wildman–Crippen LogP) is 4.20. The number of fused-ring (bicyclic) bond motifs is 1. The Morgan fingerprint density at radius 1 is 1.27 bits per heavy atom. The van der Waals surface area contributed by atoms with Crippen LogP contribution in [-0.2, 0) is 11.8 Å². The molecule has 0 saturated heterocycles. The zero-order valence-electron chi connectivity index (χ0n) is 10.2. The van der Waals surface area contributed by atoms with Crippen molar-refractivity contribution in [2.24, 2.45) is 0 Å². The smallest absolute Gasteiger partial charge is 0.0109 e. The van der Waals surface area contributed by atoms with Gasteiger partial charge < -0.3 is 0 Å². The number of allylic oxidation sites excluding steroid dienone is 1. The molecule has 0 aromatic heterocycles. The zero-order valence-corrected chi connectivity index (χ0v) is 10.2. The minimum absolute atomic E-state index is 0.171. The molecule has 0 bridgehead atoms. The van der Waals surface area contributed by atoms with Gasteiger partial charge in [0.05, 0.1) is 0 Å². The third kappa shape index (κ3) is 1.52. The number of benzene rings is 1. The first kappa shape index (κ1) is 10.5. The summed E-state index contributed by atoms with van der Waals surface area (Å²) in [4.78, 5) is 0. The highest BCUT2D eigenvalue weighted by Gasteiger charge is 2.32. The van der Waals surface area contributed by atoms with E-state index in [-0.39, 0.29) is 5.41 Å². The quantitative estimate of drug-likeness (QED) is 0.596. The van der Waals surface area contributed by atoms with Crippen molar-refractivity contribution < 1.29 is 0 Å². The minimum Gasteiger partial charge on any atom is -0.0986 e. The van der Waals surface area contributed by atoms with Crippen LogP contribution in [0.25, 0.3) is 0 Å². The largest absolute Gasteiger partial charge is 0.0986 e. The molecule has 80 valence electrons. The van der Waals surface area contributed by atoms with Gasteiger partial charge in [-0.3, -0.25) is 0 Å². The summed E-state index contributed by atoms with van der Waals surface area (Å²) in [5.74, 6) is 0.618. The molecule has 1 aromatic rings. The maximum absolute atomic E-state index is 4.20. The van der Waals surface area contributed by atoms with Crippen molar-refractivity contribution >= 4 is 0 Å². The minimum atomic E-state index is 0.171. The fourth-order valence-corrected chi connectivity index (χ4v) is 2.37. The van der Waals surface area contributed by atoms with Crippen molar-refractivity contribution in [1.82, 2.24) is 0 Å². The molecule has 0 nitrogen and oxygen atoms in total. The summed E-state index contributed by atoms with van der Waals surface area (Å²) < 4.78 is 0. The molecule has 0 radical (unpaired) electrons. The second-order valence-corrected chi connectivity index (χ2v) is 5.48. The Kier molecular flexibility index (Phi) is 2.26. The van der Waals surface area contributed by atoms with Crippen molar-refractivity contribution in [2.45, 2.75) is 45.4 Å². The van der Waals surface area contributed by atoms with Crippen molar-refractivity contribution in [3.63, 3.8) is 0 Å². The van der Waals surface area contributed by atoms with Crippen LogP contribution in [0.3, 0.4) is 0 Å². The summed E-state index contributed by atoms with van der Waals surface area (Å²) in [6.45, 7) is 13.2. The molecule has 1 aliphatic rings. The van der Waals surface area contributed by atoms with E-state index in [1.165, 1.54) is 22.3 Å². The van der Waals surface area contributed by atoms with Gasteiger partial charge >= 0.3 is 0 Å². The lowest BCUT2D eigenvalue weighted by Gasteiger charge is -2.21. The predicted molar refractivity (Wildman–Crippen MR) is 66.4 cm³/mol.